The maximum Gasteiger partial charge on any atom is 0.409 e. The first-order chi connectivity index (χ1) is 21.1. The number of amidine groups is 1. The van der Waals surface area contributed by atoms with E-state index in [-0.39, 0.29) is 59.7 Å². The highest BCUT2D eigenvalue weighted by Crippen LogP contribution is 2.44. The van der Waals surface area contributed by atoms with Crippen LogP contribution in [0.15, 0.2) is 57.3 Å². The molecule has 0 radical (unpaired) electrons. The van der Waals surface area contributed by atoms with E-state index in [0.29, 0.717) is 29.9 Å². The molecular weight excluding hydrogens is 626 g/mol. The molecule has 1 aliphatic carbocycles. The molecule has 0 bridgehead atoms. The lowest BCUT2D eigenvalue weighted by Gasteiger charge is -2.36. The molecule has 1 fully saturated rings. The highest BCUT2D eigenvalue weighted by atomic mass is 32.2. The van der Waals surface area contributed by atoms with Crippen molar-refractivity contribution in [2.24, 2.45) is 10.3 Å². The van der Waals surface area contributed by atoms with E-state index >= 15 is 0 Å². The molecule has 2 aromatic rings. The summed E-state index contributed by atoms with van der Waals surface area (Å²) in [4.78, 5) is 26.7. The Morgan fingerprint density at radius 2 is 1.93 bits per heavy atom. The third-order valence-corrected chi connectivity index (χ3v) is 10.3. The van der Waals surface area contributed by atoms with E-state index in [9.17, 15) is 36.6 Å². The minimum Gasteiger partial charge on any atom is -0.506 e. The fourth-order valence-electron chi connectivity index (χ4n) is 5.39. The maximum absolute atomic E-state index is 14.0. The zero-order valence-corrected chi connectivity index (χ0v) is 26.5. The highest BCUT2D eigenvalue weighted by Gasteiger charge is 2.46. The average Bonchev–Trinajstić information content (AvgIpc) is 2.95. The number of nitrogens with zero attached hydrogens (tertiary/aromatic N) is 2. The number of hydrogen-bond acceptors (Lipinski definition) is 10. The van der Waals surface area contributed by atoms with E-state index in [1.54, 1.807) is 31.2 Å². The van der Waals surface area contributed by atoms with Crippen LogP contribution in [0.5, 0.6) is 0 Å². The molecule has 0 saturated carbocycles. The average molecular weight is 662 g/mol. The largest absolute Gasteiger partial charge is 0.506 e. The number of amides is 1. The summed E-state index contributed by atoms with van der Waals surface area (Å²) < 4.78 is 65.0. The number of sulfonamides is 1. The van der Waals surface area contributed by atoms with Crippen molar-refractivity contribution in [3.8, 4) is 0 Å². The fourth-order valence-corrected chi connectivity index (χ4v) is 7.40. The second-order valence-corrected chi connectivity index (χ2v) is 14.9. The Morgan fingerprint density at radius 3 is 2.62 bits per heavy atom. The van der Waals surface area contributed by atoms with E-state index in [2.05, 4.69) is 19.2 Å². The van der Waals surface area contributed by atoms with Gasteiger partial charge in [-0.25, -0.2) is 4.79 Å². The predicted octanol–water partition coefficient (Wildman–Crippen LogP) is 2.50. The van der Waals surface area contributed by atoms with Gasteiger partial charge in [0, 0.05) is 12.1 Å². The smallest absolute Gasteiger partial charge is 0.409 e. The molecule has 0 aromatic heterocycles. The lowest BCUT2D eigenvalue weighted by Crippen LogP contribution is -2.53. The maximum atomic E-state index is 14.0. The van der Waals surface area contributed by atoms with Gasteiger partial charge in [0.1, 0.15) is 22.8 Å². The van der Waals surface area contributed by atoms with Crippen LogP contribution in [0.4, 0.5) is 16.2 Å². The van der Waals surface area contributed by atoms with E-state index in [1.807, 2.05) is 13.8 Å². The monoisotopic (exact) mass is 661 g/mol. The molecule has 3 aliphatic rings. The number of rotatable bonds is 10. The summed E-state index contributed by atoms with van der Waals surface area (Å²) >= 11 is 0. The Balaban J connectivity index is 1.34. The number of ether oxygens (including phenoxy) is 1. The van der Waals surface area contributed by atoms with Gasteiger partial charge in [0.15, 0.2) is 11.6 Å². The molecule has 14 nitrogen and oxygen atoms in total. The van der Waals surface area contributed by atoms with Crippen molar-refractivity contribution in [2.45, 2.75) is 50.0 Å². The molecule has 5 N–H and O–H groups in total. The quantitative estimate of drug-likeness (QED) is 0.235. The summed E-state index contributed by atoms with van der Waals surface area (Å²) in [6.07, 6.45) is -0.0899. The summed E-state index contributed by atoms with van der Waals surface area (Å²) in [5.74, 6) is -0.876. The molecule has 0 spiro atoms. The van der Waals surface area contributed by atoms with Crippen molar-refractivity contribution in [1.29, 1.82) is 0 Å². The van der Waals surface area contributed by atoms with Gasteiger partial charge in [-0.05, 0) is 49.4 Å². The Kier molecular flexibility index (Phi) is 8.70. The number of likely N-dealkylation sites (tertiary alicyclic amines) is 1. The molecule has 242 valence electrons. The molecule has 1 saturated heterocycles. The number of benzene rings is 2. The van der Waals surface area contributed by atoms with Crippen molar-refractivity contribution >= 4 is 55.1 Å². The molecule has 1 unspecified atom stereocenters. The summed E-state index contributed by atoms with van der Waals surface area (Å²) in [6, 6.07) is 10.7. The van der Waals surface area contributed by atoms with E-state index in [1.165, 1.54) is 17.0 Å². The van der Waals surface area contributed by atoms with Crippen molar-refractivity contribution in [1.82, 2.24) is 9.62 Å². The standard InChI is InChI=1S/C29H35N5O9S2/c1-17(2)10-11-29(3)21-7-5-4-6-20(21)25(36)24(26(29)37)27-31-22-9-8-18(14-23(22)44(39,40)33-27)32-45(41,42)30-12-13-43-28(38)34-15-19(35)16-34/h4-9,14,17,19,30,32,35-36H,10-13,15-16H2,1-3H3,(H,31,33). The zero-order chi connectivity index (χ0) is 32.7. The lowest BCUT2D eigenvalue weighted by molar-refractivity contribution is -0.120. The van der Waals surface area contributed by atoms with Crippen LogP contribution >= 0.6 is 0 Å². The minimum atomic E-state index is -4.45. The number of fused-ring (bicyclic) bond motifs is 2. The van der Waals surface area contributed by atoms with Crippen molar-refractivity contribution in [2.75, 3.05) is 36.3 Å². The number of β-amino-alcohol motifs (C(OH)–C–C–N with tert-alkyl or cyclic N) is 1. The number of carbonyl (C=O) groups is 2. The third kappa shape index (κ3) is 6.54. The molecule has 45 heavy (non-hydrogen) atoms. The lowest BCUT2D eigenvalue weighted by atomic mass is 9.66. The Labute approximate surface area is 261 Å². The van der Waals surface area contributed by atoms with Gasteiger partial charge < -0.3 is 25.2 Å². The number of aliphatic hydroxyl groups is 2. The summed E-state index contributed by atoms with van der Waals surface area (Å²) in [7, 11) is -8.65. The van der Waals surface area contributed by atoms with Crippen LogP contribution in [0.3, 0.4) is 0 Å². The molecule has 2 aromatic carbocycles. The van der Waals surface area contributed by atoms with Gasteiger partial charge in [0.05, 0.1) is 36.0 Å². The van der Waals surface area contributed by atoms with Crippen LogP contribution in [0, 0.1) is 5.92 Å². The van der Waals surface area contributed by atoms with Crippen molar-refractivity contribution in [3.63, 3.8) is 0 Å². The number of ketones is 1. The van der Waals surface area contributed by atoms with Gasteiger partial charge in [-0.1, -0.05) is 38.1 Å². The number of Topliss-reactive ketones (excluding diaryl/α,β-unsaturated/α-hetero) is 1. The summed E-state index contributed by atoms with van der Waals surface area (Å²) in [5, 5.41) is 23.3. The summed E-state index contributed by atoms with van der Waals surface area (Å²) in [5.41, 5.74) is -0.276. The van der Waals surface area contributed by atoms with Gasteiger partial charge in [-0.2, -0.15) is 21.6 Å². The van der Waals surface area contributed by atoms with E-state index in [4.69, 9.17) is 4.74 Å². The second kappa shape index (κ2) is 12.1. The fraction of sp³-hybridized carbons (Fsp3) is 0.414. The summed E-state index contributed by atoms with van der Waals surface area (Å²) in [6.45, 7) is 5.62. The number of aliphatic hydroxyl groups excluding tert-OH is 2. The third-order valence-electron chi connectivity index (χ3n) is 7.92. The van der Waals surface area contributed by atoms with Crippen molar-refractivity contribution in [3.05, 3.63) is 59.2 Å². The van der Waals surface area contributed by atoms with Crippen LogP contribution in [-0.2, 0) is 35.2 Å². The topological polar surface area (TPSA) is 204 Å². The first kappa shape index (κ1) is 32.4. The van der Waals surface area contributed by atoms with Crippen LogP contribution < -0.4 is 14.8 Å². The van der Waals surface area contributed by atoms with Gasteiger partial charge in [0.2, 0.25) is 0 Å². The van der Waals surface area contributed by atoms with E-state index in [0.717, 1.165) is 6.07 Å². The van der Waals surface area contributed by atoms with Crippen LogP contribution in [0.1, 0.15) is 44.7 Å². The van der Waals surface area contributed by atoms with Crippen molar-refractivity contribution < 1.29 is 41.4 Å². The molecular formula is C29H35N5O9S2. The van der Waals surface area contributed by atoms with Gasteiger partial charge in [-0.15, -0.1) is 4.40 Å². The first-order valence-electron chi connectivity index (χ1n) is 14.3. The van der Waals surface area contributed by atoms with E-state index < -0.39 is 43.6 Å². The van der Waals surface area contributed by atoms with Gasteiger partial charge in [-0.3, -0.25) is 9.52 Å². The number of nitrogens with one attached hydrogen (secondary N) is 3. The number of anilines is 2. The minimum absolute atomic E-state index is 0.0368. The van der Waals surface area contributed by atoms with Crippen LogP contribution in [0.25, 0.3) is 5.76 Å². The molecule has 2 heterocycles. The molecule has 1 atom stereocenters. The highest BCUT2D eigenvalue weighted by molar-refractivity contribution is 7.91. The molecule has 1 amide bonds. The molecule has 16 heteroatoms. The van der Waals surface area contributed by atoms with Crippen LogP contribution in [0.2, 0.25) is 0 Å². The Hall–Kier alpha value is -3.99. The predicted molar refractivity (Wildman–Crippen MR) is 167 cm³/mol. The van der Waals surface area contributed by atoms with Crippen LogP contribution in [-0.4, -0.2) is 82.0 Å². The zero-order valence-electron chi connectivity index (χ0n) is 24.9. The second-order valence-electron chi connectivity index (χ2n) is 11.8. The number of hydrogen-bond donors (Lipinski definition) is 5. The SMILES string of the molecule is CC(C)CCC1(C)C(=O)C(C2=NS(=O)(=O)c3cc(NS(=O)(=O)NCCOC(=O)N4CC(O)C4)ccc3N2)=C(O)c2ccccc21. The Bertz CT molecular complexity index is 1820. The first-order valence-corrected chi connectivity index (χ1v) is 17.2. The molecule has 5 rings (SSSR count). The van der Waals surface area contributed by atoms with Gasteiger partial charge >= 0.3 is 6.09 Å². The van der Waals surface area contributed by atoms with Gasteiger partial charge in [0.25, 0.3) is 20.2 Å². The normalized spacial score (nSPS) is 21.0. The molecule has 2 aliphatic heterocycles. The Morgan fingerprint density at radius 1 is 1.22 bits per heavy atom. The number of carbonyl (C=O) groups excluding carboxylic acids is 2.